The lowest BCUT2D eigenvalue weighted by atomic mass is 9.93. The second-order valence-electron chi connectivity index (χ2n) is 6.47. The second-order valence-corrected chi connectivity index (χ2v) is 6.90. The summed E-state index contributed by atoms with van der Waals surface area (Å²) >= 11 is 5.99. The topological polar surface area (TPSA) is 84.1 Å². The lowest BCUT2D eigenvalue weighted by Crippen LogP contribution is -2.37. The molecule has 0 atom stereocenters. The van der Waals surface area contributed by atoms with Crippen LogP contribution in [0.1, 0.15) is 24.5 Å². The number of benzene rings is 1. The summed E-state index contributed by atoms with van der Waals surface area (Å²) in [6.07, 6.45) is 3.98. The van der Waals surface area contributed by atoms with Crippen molar-refractivity contribution >= 4 is 17.7 Å². The minimum atomic E-state index is -0.866. The van der Waals surface area contributed by atoms with E-state index in [1.54, 1.807) is 23.1 Å². The summed E-state index contributed by atoms with van der Waals surface area (Å²) in [5.41, 5.74) is 2.77. The summed E-state index contributed by atoms with van der Waals surface area (Å²) in [7, 11) is 0. The van der Waals surface area contributed by atoms with E-state index in [1.165, 1.54) is 4.90 Å². The highest BCUT2D eigenvalue weighted by Crippen LogP contribution is 2.32. The first-order valence-electron chi connectivity index (χ1n) is 8.73. The first-order chi connectivity index (χ1) is 13.1. The summed E-state index contributed by atoms with van der Waals surface area (Å²) < 4.78 is 1.77. The molecule has 1 aromatic carbocycles. The number of carbonyl (C=O) groups is 1. The maximum Gasteiger partial charge on any atom is 0.407 e. The molecule has 0 spiro atoms. The van der Waals surface area contributed by atoms with E-state index < -0.39 is 6.09 Å². The van der Waals surface area contributed by atoms with Crippen molar-refractivity contribution in [1.82, 2.24) is 24.6 Å². The van der Waals surface area contributed by atoms with Crippen molar-refractivity contribution in [1.29, 1.82) is 0 Å². The molecule has 0 aliphatic carbocycles. The fourth-order valence-electron chi connectivity index (χ4n) is 3.38. The first-order valence-corrected chi connectivity index (χ1v) is 9.11. The molecule has 0 unspecified atom stereocenters. The van der Waals surface area contributed by atoms with E-state index in [-0.39, 0.29) is 5.92 Å². The molecule has 1 fully saturated rings. The van der Waals surface area contributed by atoms with E-state index in [4.69, 9.17) is 16.7 Å². The molecule has 1 aliphatic heterocycles. The highest BCUT2D eigenvalue weighted by atomic mass is 35.5. The number of piperidine rings is 1. The maximum absolute atomic E-state index is 11.2. The Morgan fingerprint density at radius 3 is 2.41 bits per heavy atom. The molecule has 2 aromatic heterocycles. The molecule has 3 aromatic rings. The number of nitrogens with zero attached hydrogens (tertiary/aromatic N) is 5. The van der Waals surface area contributed by atoms with Crippen LogP contribution < -0.4 is 0 Å². The van der Waals surface area contributed by atoms with Crippen LogP contribution >= 0.6 is 11.6 Å². The van der Waals surface area contributed by atoms with E-state index in [9.17, 15) is 9.90 Å². The zero-order valence-corrected chi connectivity index (χ0v) is 15.3. The normalized spacial score (nSPS) is 15.1. The van der Waals surface area contributed by atoms with Crippen molar-refractivity contribution in [3.8, 4) is 17.2 Å². The minimum Gasteiger partial charge on any atom is -0.465 e. The van der Waals surface area contributed by atoms with Gasteiger partial charge in [0.2, 0.25) is 0 Å². The fourth-order valence-corrected chi connectivity index (χ4v) is 3.50. The van der Waals surface area contributed by atoms with E-state index in [2.05, 4.69) is 9.97 Å². The van der Waals surface area contributed by atoms with E-state index in [1.807, 2.05) is 30.3 Å². The largest absolute Gasteiger partial charge is 0.465 e. The Labute approximate surface area is 161 Å². The van der Waals surface area contributed by atoms with Crippen molar-refractivity contribution in [3.63, 3.8) is 0 Å². The van der Waals surface area contributed by atoms with Gasteiger partial charge in [-0.2, -0.15) is 5.10 Å². The molecule has 138 valence electrons. The van der Waals surface area contributed by atoms with E-state index in [0.717, 1.165) is 29.8 Å². The monoisotopic (exact) mass is 383 g/mol. The lowest BCUT2D eigenvalue weighted by molar-refractivity contribution is 0.131. The summed E-state index contributed by atoms with van der Waals surface area (Å²) in [5.74, 6) is 0.700. The molecule has 7 nitrogen and oxygen atoms in total. The predicted octanol–water partition coefficient (Wildman–Crippen LogP) is 3.84. The molecule has 3 heterocycles. The van der Waals surface area contributed by atoms with Crippen LogP contribution in [0.25, 0.3) is 17.2 Å². The summed E-state index contributed by atoms with van der Waals surface area (Å²) in [6.45, 7) is 1.02. The van der Waals surface area contributed by atoms with Crippen molar-refractivity contribution in [2.45, 2.75) is 18.8 Å². The average molecular weight is 384 g/mol. The molecule has 1 saturated heterocycles. The molecule has 1 aliphatic rings. The van der Waals surface area contributed by atoms with Crippen LogP contribution in [0, 0.1) is 0 Å². The molecule has 1 amide bonds. The second kappa shape index (κ2) is 7.36. The van der Waals surface area contributed by atoms with Gasteiger partial charge in [-0.05, 0) is 37.1 Å². The third-order valence-electron chi connectivity index (χ3n) is 4.80. The average Bonchev–Trinajstić information content (AvgIpc) is 3.15. The number of aromatic nitrogens is 4. The Kier molecular flexibility index (Phi) is 4.77. The SMILES string of the molecule is O=C(O)N1CCC(c2cc(-c3ccc(Cl)cc3)nn2-c2ncccn2)CC1. The van der Waals surface area contributed by atoms with Crippen LogP contribution in [0.4, 0.5) is 4.79 Å². The Morgan fingerprint density at radius 1 is 1.11 bits per heavy atom. The van der Waals surface area contributed by atoms with Gasteiger partial charge in [0.15, 0.2) is 0 Å². The van der Waals surface area contributed by atoms with Gasteiger partial charge in [-0.25, -0.2) is 19.4 Å². The van der Waals surface area contributed by atoms with Crippen molar-refractivity contribution in [2.24, 2.45) is 0 Å². The smallest absolute Gasteiger partial charge is 0.407 e. The van der Waals surface area contributed by atoms with Gasteiger partial charge in [0.25, 0.3) is 5.95 Å². The van der Waals surface area contributed by atoms with Gasteiger partial charge in [0, 0.05) is 42.0 Å². The number of hydrogen-bond donors (Lipinski definition) is 1. The Bertz CT molecular complexity index is 934. The van der Waals surface area contributed by atoms with Gasteiger partial charge in [-0.3, -0.25) is 0 Å². The summed E-state index contributed by atoms with van der Waals surface area (Å²) in [6, 6.07) is 11.3. The molecule has 4 rings (SSSR count). The van der Waals surface area contributed by atoms with Gasteiger partial charge < -0.3 is 10.0 Å². The van der Waals surface area contributed by atoms with Crippen LogP contribution in [-0.2, 0) is 0 Å². The van der Waals surface area contributed by atoms with Crippen LogP contribution in [0.5, 0.6) is 0 Å². The van der Waals surface area contributed by atoms with Gasteiger partial charge in [-0.15, -0.1) is 0 Å². The van der Waals surface area contributed by atoms with Crippen LogP contribution in [0.3, 0.4) is 0 Å². The molecule has 1 N–H and O–H groups in total. The quantitative estimate of drug-likeness (QED) is 0.742. The van der Waals surface area contributed by atoms with E-state index >= 15 is 0 Å². The third-order valence-corrected chi connectivity index (χ3v) is 5.05. The van der Waals surface area contributed by atoms with Crippen molar-refractivity contribution in [3.05, 3.63) is 59.5 Å². The lowest BCUT2D eigenvalue weighted by Gasteiger charge is -2.29. The molecular weight excluding hydrogens is 366 g/mol. The van der Waals surface area contributed by atoms with Gasteiger partial charge >= 0.3 is 6.09 Å². The Morgan fingerprint density at radius 2 is 1.78 bits per heavy atom. The summed E-state index contributed by atoms with van der Waals surface area (Å²) in [5, 5.41) is 14.6. The molecule has 0 saturated carbocycles. The van der Waals surface area contributed by atoms with Gasteiger partial charge in [0.1, 0.15) is 0 Å². The highest BCUT2D eigenvalue weighted by Gasteiger charge is 2.27. The van der Waals surface area contributed by atoms with Crippen LogP contribution in [0.2, 0.25) is 5.02 Å². The summed E-state index contributed by atoms with van der Waals surface area (Å²) in [4.78, 5) is 21.3. The molecule has 8 heteroatoms. The number of carboxylic acid groups (broad SMARTS) is 1. The Balaban J connectivity index is 1.71. The molecule has 0 bridgehead atoms. The molecule has 0 radical (unpaired) electrons. The zero-order chi connectivity index (χ0) is 18.8. The standard InChI is InChI=1S/C19H18ClN5O2/c20-15-4-2-13(3-5-15)16-12-17(14-6-10-24(11-7-14)19(26)27)25(23-16)18-21-8-1-9-22-18/h1-5,8-9,12,14H,6-7,10-11H2,(H,26,27). The maximum atomic E-state index is 11.2. The fraction of sp³-hybridized carbons (Fsp3) is 0.263. The van der Waals surface area contributed by atoms with Gasteiger partial charge in [0.05, 0.1) is 11.4 Å². The van der Waals surface area contributed by atoms with Gasteiger partial charge in [-0.1, -0.05) is 23.7 Å². The number of amides is 1. The highest BCUT2D eigenvalue weighted by molar-refractivity contribution is 6.30. The van der Waals surface area contributed by atoms with E-state index in [0.29, 0.717) is 24.1 Å². The third kappa shape index (κ3) is 3.64. The number of rotatable bonds is 3. The van der Waals surface area contributed by atoms with Crippen LogP contribution in [0.15, 0.2) is 48.8 Å². The minimum absolute atomic E-state index is 0.193. The zero-order valence-electron chi connectivity index (χ0n) is 14.5. The van der Waals surface area contributed by atoms with Crippen molar-refractivity contribution < 1.29 is 9.90 Å². The van der Waals surface area contributed by atoms with Crippen molar-refractivity contribution in [2.75, 3.05) is 13.1 Å². The number of hydrogen-bond acceptors (Lipinski definition) is 4. The molecular formula is C19H18ClN5O2. The first kappa shape index (κ1) is 17.5. The Hall–Kier alpha value is -2.93. The molecule has 27 heavy (non-hydrogen) atoms. The number of likely N-dealkylation sites (tertiary alicyclic amines) is 1. The number of halogens is 1. The predicted molar refractivity (Wildman–Crippen MR) is 101 cm³/mol. The van der Waals surface area contributed by atoms with Crippen LogP contribution in [-0.4, -0.2) is 48.9 Å².